The van der Waals surface area contributed by atoms with E-state index in [1.807, 2.05) is 20.8 Å². The minimum atomic E-state index is -1.04. The first kappa shape index (κ1) is 16.7. The molecule has 2 atom stereocenters. The van der Waals surface area contributed by atoms with E-state index in [2.05, 4.69) is 12.7 Å². The zero-order valence-corrected chi connectivity index (χ0v) is 13.1. The molecule has 0 bridgehead atoms. The summed E-state index contributed by atoms with van der Waals surface area (Å²) >= 11 is 0. The third-order valence-electron chi connectivity index (χ3n) is 4.61. The first-order chi connectivity index (χ1) is 9.34. The van der Waals surface area contributed by atoms with E-state index in [1.165, 1.54) is 12.7 Å². The zero-order valence-electron chi connectivity index (χ0n) is 13.1. The van der Waals surface area contributed by atoms with Gasteiger partial charge in [-0.1, -0.05) is 24.6 Å². The molecule has 0 aromatic carbocycles. The summed E-state index contributed by atoms with van der Waals surface area (Å²) in [5.74, 6) is -0.399. The Labute approximate surface area is 122 Å². The molecule has 112 valence electrons. The van der Waals surface area contributed by atoms with Gasteiger partial charge in [-0.25, -0.2) is 0 Å². The van der Waals surface area contributed by atoms with Gasteiger partial charge in [-0.3, -0.25) is 9.59 Å². The van der Waals surface area contributed by atoms with Crippen LogP contribution in [-0.2, 0) is 14.3 Å². The quantitative estimate of drug-likeness (QED) is 0.421. The summed E-state index contributed by atoms with van der Waals surface area (Å²) in [6.07, 6.45) is 7.23. The van der Waals surface area contributed by atoms with E-state index in [9.17, 15) is 9.59 Å². The summed E-state index contributed by atoms with van der Waals surface area (Å²) in [7, 11) is 1.36. The summed E-state index contributed by atoms with van der Waals surface area (Å²) in [5.41, 5.74) is -0.361. The van der Waals surface area contributed by atoms with Crippen molar-refractivity contribution in [1.82, 2.24) is 0 Å². The second kappa shape index (κ2) is 6.38. The Balaban J connectivity index is 3.15. The average Bonchev–Trinajstić information content (AvgIpc) is 2.80. The molecule has 0 unspecified atom stereocenters. The smallest absolute Gasteiger partial charge is 0.320 e. The molecule has 0 aromatic rings. The van der Waals surface area contributed by atoms with Crippen LogP contribution < -0.4 is 0 Å². The SMILES string of the molecule is C=C[C@](C)(CCC=C(C)C)[C@]1(C(=O)OC)CCCC1=O. The largest absolute Gasteiger partial charge is 0.468 e. The van der Waals surface area contributed by atoms with Crippen molar-refractivity contribution in [3.8, 4) is 0 Å². The Morgan fingerprint density at radius 3 is 2.55 bits per heavy atom. The van der Waals surface area contributed by atoms with Gasteiger partial charge in [0.05, 0.1) is 7.11 Å². The number of hydrogen-bond acceptors (Lipinski definition) is 3. The summed E-state index contributed by atoms with van der Waals surface area (Å²) in [4.78, 5) is 24.8. The van der Waals surface area contributed by atoms with Crippen LogP contribution in [0.15, 0.2) is 24.3 Å². The summed E-state index contributed by atoms with van der Waals surface area (Å²) in [5, 5.41) is 0. The predicted octanol–water partition coefficient (Wildman–Crippen LogP) is 3.84. The molecule has 1 saturated carbocycles. The van der Waals surface area contributed by atoms with Crippen molar-refractivity contribution in [2.75, 3.05) is 7.11 Å². The lowest BCUT2D eigenvalue weighted by Gasteiger charge is -2.41. The Hall–Kier alpha value is -1.38. The fraction of sp³-hybridized carbons (Fsp3) is 0.647. The maximum absolute atomic E-state index is 12.4. The van der Waals surface area contributed by atoms with E-state index >= 15 is 0 Å². The van der Waals surface area contributed by atoms with Crippen LogP contribution in [0.2, 0.25) is 0 Å². The Morgan fingerprint density at radius 2 is 2.15 bits per heavy atom. The molecule has 3 heteroatoms. The summed E-state index contributed by atoms with van der Waals surface area (Å²) in [6, 6.07) is 0. The molecule has 0 radical (unpaired) electrons. The number of ketones is 1. The number of ether oxygens (including phenoxy) is 1. The molecular weight excluding hydrogens is 252 g/mol. The van der Waals surface area contributed by atoms with Crippen molar-refractivity contribution in [1.29, 1.82) is 0 Å². The van der Waals surface area contributed by atoms with E-state index in [-0.39, 0.29) is 5.78 Å². The fourth-order valence-electron chi connectivity index (χ4n) is 3.24. The van der Waals surface area contributed by atoms with E-state index in [0.29, 0.717) is 12.8 Å². The Kier molecular flexibility index (Phi) is 5.32. The van der Waals surface area contributed by atoms with Crippen molar-refractivity contribution in [3.63, 3.8) is 0 Å². The molecule has 20 heavy (non-hydrogen) atoms. The molecule has 1 aliphatic rings. The number of allylic oxidation sites excluding steroid dienone is 3. The van der Waals surface area contributed by atoms with Gasteiger partial charge in [-0.05, 0) is 39.5 Å². The van der Waals surface area contributed by atoms with E-state index < -0.39 is 16.8 Å². The number of esters is 1. The third-order valence-corrected chi connectivity index (χ3v) is 4.61. The Bertz CT molecular complexity index is 432. The molecule has 1 aliphatic carbocycles. The predicted molar refractivity (Wildman–Crippen MR) is 80.3 cm³/mol. The molecular formula is C17H26O3. The standard InChI is InChI=1S/C17H26O3/c1-6-16(4,11-7-9-13(2)3)17(15(19)20-5)12-8-10-14(17)18/h6,9H,1,7-8,10-12H2,2-5H3/t16-,17-/m1/s1. The summed E-state index contributed by atoms with van der Waals surface area (Å²) in [6.45, 7) is 9.94. The van der Waals surface area contributed by atoms with Crippen LogP contribution in [-0.4, -0.2) is 18.9 Å². The molecule has 0 heterocycles. The van der Waals surface area contributed by atoms with Gasteiger partial charge in [-0.15, -0.1) is 6.58 Å². The van der Waals surface area contributed by atoms with Gasteiger partial charge in [-0.2, -0.15) is 0 Å². The highest BCUT2D eigenvalue weighted by molar-refractivity contribution is 6.06. The fourth-order valence-corrected chi connectivity index (χ4v) is 3.24. The van der Waals surface area contributed by atoms with Crippen molar-refractivity contribution in [2.45, 2.75) is 52.9 Å². The van der Waals surface area contributed by atoms with E-state index in [1.54, 1.807) is 6.08 Å². The highest BCUT2D eigenvalue weighted by Crippen LogP contribution is 2.53. The average molecular weight is 278 g/mol. The van der Waals surface area contributed by atoms with Crippen LogP contribution >= 0.6 is 0 Å². The number of rotatable bonds is 6. The van der Waals surface area contributed by atoms with Crippen LogP contribution in [0.4, 0.5) is 0 Å². The molecule has 0 aliphatic heterocycles. The normalized spacial score (nSPS) is 24.9. The van der Waals surface area contributed by atoms with Gasteiger partial charge in [0.15, 0.2) is 5.78 Å². The van der Waals surface area contributed by atoms with Gasteiger partial charge in [0, 0.05) is 11.8 Å². The lowest BCUT2D eigenvalue weighted by Crippen LogP contribution is -2.49. The number of methoxy groups -OCH3 is 1. The van der Waals surface area contributed by atoms with Gasteiger partial charge < -0.3 is 4.74 Å². The van der Waals surface area contributed by atoms with Gasteiger partial charge in [0.1, 0.15) is 5.41 Å². The maximum Gasteiger partial charge on any atom is 0.320 e. The maximum atomic E-state index is 12.4. The van der Waals surface area contributed by atoms with Crippen molar-refractivity contribution >= 4 is 11.8 Å². The van der Waals surface area contributed by atoms with Crippen LogP contribution in [0.5, 0.6) is 0 Å². The molecule has 0 amide bonds. The molecule has 0 aromatic heterocycles. The number of hydrogen-bond donors (Lipinski definition) is 0. The second-order valence-electron chi connectivity index (χ2n) is 6.12. The first-order valence-corrected chi connectivity index (χ1v) is 7.23. The monoisotopic (exact) mass is 278 g/mol. The lowest BCUT2D eigenvalue weighted by atomic mass is 9.60. The van der Waals surface area contributed by atoms with Gasteiger partial charge in [0.2, 0.25) is 0 Å². The number of carbonyl (C=O) groups is 2. The Morgan fingerprint density at radius 1 is 1.50 bits per heavy atom. The molecule has 0 N–H and O–H groups in total. The van der Waals surface area contributed by atoms with E-state index in [4.69, 9.17) is 4.74 Å². The van der Waals surface area contributed by atoms with Gasteiger partial charge in [0.25, 0.3) is 0 Å². The molecule has 1 rings (SSSR count). The van der Waals surface area contributed by atoms with Crippen molar-refractivity contribution < 1.29 is 14.3 Å². The highest BCUT2D eigenvalue weighted by Gasteiger charge is 2.59. The first-order valence-electron chi connectivity index (χ1n) is 7.23. The minimum absolute atomic E-state index is 0.00366. The molecule has 3 nitrogen and oxygen atoms in total. The van der Waals surface area contributed by atoms with Crippen molar-refractivity contribution in [3.05, 3.63) is 24.3 Å². The molecule has 0 saturated heterocycles. The van der Waals surface area contributed by atoms with Crippen molar-refractivity contribution in [2.24, 2.45) is 10.8 Å². The van der Waals surface area contributed by atoms with Crippen LogP contribution in [0.25, 0.3) is 0 Å². The zero-order chi connectivity index (χ0) is 15.4. The number of Topliss-reactive ketones (excluding diaryl/α,β-unsaturated/α-hetero) is 1. The summed E-state index contributed by atoms with van der Waals surface area (Å²) < 4.78 is 4.96. The third kappa shape index (κ3) is 2.72. The van der Waals surface area contributed by atoms with Crippen LogP contribution in [0.3, 0.4) is 0 Å². The van der Waals surface area contributed by atoms with E-state index in [0.717, 1.165) is 19.3 Å². The van der Waals surface area contributed by atoms with Crippen LogP contribution in [0.1, 0.15) is 52.9 Å². The minimum Gasteiger partial charge on any atom is -0.468 e. The van der Waals surface area contributed by atoms with Gasteiger partial charge >= 0.3 is 5.97 Å². The second-order valence-corrected chi connectivity index (χ2v) is 6.12. The molecule has 1 fully saturated rings. The van der Waals surface area contributed by atoms with Crippen LogP contribution in [0, 0.1) is 10.8 Å². The highest BCUT2D eigenvalue weighted by atomic mass is 16.5. The number of carbonyl (C=O) groups excluding carboxylic acids is 2. The molecule has 0 spiro atoms. The topological polar surface area (TPSA) is 43.4 Å². The lowest BCUT2D eigenvalue weighted by molar-refractivity contribution is -0.163.